The van der Waals surface area contributed by atoms with Gasteiger partial charge in [-0.1, -0.05) is 56.6 Å². The lowest BCUT2D eigenvalue weighted by molar-refractivity contribution is 0.1000. The van der Waals surface area contributed by atoms with Gasteiger partial charge in [0.1, 0.15) is 18.1 Å². The molecule has 1 aromatic heterocycles. The number of carbonyl (C=O) groups excluding carboxylic acids is 1. The molecule has 226 valence electrons. The molecular formula is C30H31ClN4O7S. The highest BCUT2D eigenvalue weighted by Gasteiger charge is 2.26. The van der Waals surface area contributed by atoms with E-state index >= 15 is 0 Å². The van der Waals surface area contributed by atoms with Crippen molar-refractivity contribution >= 4 is 33.3 Å². The van der Waals surface area contributed by atoms with Gasteiger partial charge in [0.25, 0.3) is 15.9 Å². The summed E-state index contributed by atoms with van der Waals surface area (Å²) >= 11 is 6.38. The van der Waals surface area contributed by atoms with E-state index in [4.69, 9.17) is 31.5 Å². The zero-order valence-electron chi connectivity index (χ0n) is 23.9. The maximum Gasteiger partial charge on any atom is 0.263 e. The lowest BCUT2D eigenvalue weighted by Crippen LogP contribution is -2.17. The Balaban J connectivity index is 1.88. The molecule has 4 rings (SSSR count). The Morgan fingerprint density at radius 1 is 1.02 bits per heavy atom. The molecule has 1 heterocycles. The number of aliphatic hydroxyl groups excluding tert-OH is 1. The molecule has 0 fully saturated rings. The molecule has 0 radical (unpaired) electrons. The molecule has 1 amide bonds. The number of primary amides is 1. The number of ether oxygens (including phenoxy) is 3. The summed E-state index contributed by atoms with van der Waals surface area (Å²) in [6.07, 6.45) is 0. The van der Waals surface area contributed by atoms with E-state index in [1.807, 2.05) is 20.8 Å². The van der Waals surface area contributed by atoms with E-state index in [1.54, 1.807) is 36.4 Å². The Labute approximate surface area is 254 Å². The Bertz CT molecular complexity index is 1720. The molecule has 0 saturated carbocycles. The third-order valence-electron chi connectivity index (χ3n) is 6.20. The van der Waals surface area contributed by atoms with Crippen LogP contribution < -0.4 is 24.7 Å². The molecule has 0 unspecified atom stereocenters. The monoisotopic (exact) mass is 626 g/mol. The third-order valence-corrected chi connectivity index (χ3v) is 7.87. The second kappa shape index (κ2) is 12.9. The average molecular weight is 627 g/mol. The van der Waals surface area contributed by atoms with Gasteiger partial charge in [-0.05, 0) is 47.4 Å². The van der Waals surface area contributed by atoms with Crippen LogP contribution in [0.1, 0.15) is 36.7 Å². The van der Waals surface area contributed by atoms with Crippen molar-refractivity contribution < 1.29 is 32.5 Å². The van der Waals surface area contributed by atoms with Crippen molar-refractivity contribution in [3.63, 3.8) is 0 Å². The van der Waals surface area contributed by atoms with Gasteiger partial charge in [-0.3, -0.25) is 9.52 Å². The van der Waals surface area contributed by atoms with Crippen LogP contribution in [0, 0.1) is 0 Å². The Kier molecular flexibility index (Phi) is 9.43. The Hall–Kier alpha value is -4.39. The molecule has 4 N–H and O–H groups in total. The van der Waals surface area contributed by atoms with Crippen molar-refractivity contribution in [2.45, 2.75) is 31.1 Å². The second-order valence-corrected chi connectivity index (χ2v) is 12.4. The lowest BCUT2D eigenvalue weighted by atomic mass is 9.87. The number of amides is 1. The first kappa shape index (κ1) is 31.5. The molecule has 3 aromatic carbocycles. The number of hydrogen-bond donors (Lipinski definition) is 3. The van der Waals surface area contributed by atoms with E-state index in [-0.39, 0.29) is 63.1 Å². The first-order chi connectivity index (χ1) is 20.3. The molecule has 4 aromatic rings. The van der Waals surface area contributed by atoms with Crippen LogP contribution in [0.2, 0.25) is 5.02 Å². The van der Waals surface area contributed by atoms with Crippen molar-refractivity contribution in [1.29, 1.82) is 0 Å². The van der Waals surface area contributed by atoms with Crippen LogP contribution in [-0.4, -0.2) is 49.7 Å². The number of benzene rings is 3. The van der Waals surface area contributed by atoms with Gasteiger partial charge < -0.3 is 25.1 Å². The van der Waals surface area contributed by atoms with Crippen LogP contribution in [0.25, 0.3) is 11.4 Å². The standard InChI is InChI=1S/C30H31ClN4O7S/c1-30(2,3)20-9-12-22(13-10-20)43(38,39)35-28-25(42-24-17-21(40-4)11-14-23(24)31)29(41-16-15-36)34-27(33-28)19-7-5-18(6-8-19)26(32)37/h5-14,17,36H,15-16H2,1-4H3,(H2,32,37)(H,33,34,35). The summed E-state index contributed by atoms with van der Waals surface area (Å²) in [6, 6.07) is 17.2. The first-order valence-electron chi connectivity index (χ1n) is 13.0. The summed E-state index contributed by atoms with van der Waals surface area (Å²) < 4.78 is 46.8. The number of anilines is 1. The van der Waals surface area contributed by atoms with Crippen LogP contribution >= 0.6 is 11.6 Å². The number of nitrogens with one attached hydrogen (secondary N) is 1. The zero-order valence-corrected chi connectivity index (χ0v) is 25.5. The number of carbonyl (C=O) groups is 1. The van der Waals surface area contributed by atoms with Gasteiger partial charge in [0.05, 0.1) is 23.6 Å². The summed E-state index contributed by atoms with van der Waals surface area (Å²) in [7, 11) is -2.74. The minimum Gasteiger partial charge on any atom is -0.497 e. The Morgan fingerprint density at radius 3 is 2.28 bits per heavy atom. The third kappa shape index (κ3) is 7.53. The number of aliphatic hydroxyl groups is 1. The van der Waals surface area contributed by atoms with Crippen LogP contribution in [0.5, 0.6) is 23.1 Å². The highest BCUT2D eigenvalue weighted by molar-refractivity contribution is 7.92. The topological polar surface area (TPSA) is 163 Å². The minimum absolute atomic E-state index is 0.0188. The average Bonchev–Trinajstić information content (AvgIpc) is 2.97. The SMILES string of the molecule is COc1ccc(Cl)c(Oc2c(NS(=O)(=O)c3ccc(C(C)(C)C)cc3)nc(-c3ccc(C(N)=O)cc3)nc2OCCO)c1. The van der Waals surface area contributed by atoms with Crippen molar-refractivity contribution in [3.05, 3.63) is 82.9 Å². The van der Waals surface area contributed by atoms with Crippen LogP contribution in [0.15, 0.2) is 71.6 Å². The summed E-state index contributed by atoms with van der Waals surface area (Å²) in [6.45, 7) is 5.50. The number of aromatic nitrogens is 2. The molecule has 0 bridgehead atoms. The van der Waals surface area contributed by atoms with Crippen molar-refractivity contribution in [2.75, 3.05) is 25.0 Å². The van der Waals surface area contributed by atoms with Crippen molar-refractivity contribution in [3.8, 4) is 34.5 Å². The molecule has 0 atom stereocenters. The predicted molar refractivity (Wildman–Crippen MR) is 163 cm³/mol. The maximum atomic E-state index is 13.6. The summed E-state index contributed by atoms with van der Waals surface area (Å²) in [5, 5.41) is 9.66. The van der Waals surface area contributed by atoms with Gasteiger partial charge in [0.15, 0.2) is 11.6 Å². The number of hydrogen-bond acceptors (Lipinski definition) is 9. The van der Waals surface area contributed by atoms with Gasteiger partial charge in [-0.2, -0.15) is 4.98 Å². The number of rotatable bonds is 11. The molecule has 0 saturated heterocycles. The van der Waals surface area contributed by atoms with E-state index in [9.17, 15) is 18.3 Å². The molecular weight excluding hydrogens is 596 g/mol. The zero-order chi connectivity index (χ0) is 31.4. The van der Waals surface area contributed by atoms with Crippen LogP contribution in [0.4, 0.5) is 5.82 Å². The van der Waals surface area contributed by atoms with E-state index in [2.05, 4.69) is 14.7 Å². The summed E-state index contributed by atoms with van der Waals surface area (Å²) in [5.41, 5.74) is 6.80. The van der Waals surface area contributed by atoms with Gasteiger partial charge in [0, 0.05) is 17.2 Å². The summed E-state index contributed by atoms with van der Waals surface area (Å²) in [4.78, 5) is 20.4. The fraction of sp³-hybridized carbons (Fsp3) is 0.233. The number of nitrogens with zero attached hydrogens (tertiary/aromatic N) is 2. The van der Waals surface area contributed by atoms with E-state index in [0.29, 0.717) is 11.3 Å². The maximum absolute atomic E-state index is 13.6. The molecule has 0 aliphatic carbocycles. The molecule has 11 nitrogen and oxygen atoms in total. The fourth-order valence-electron chi connectivity index (χ4n) is 3.86. The number of sulfonamides is 1. The largest absolute Gasteiger partial charge is 0.497 e. The van der Waals surface area contributed by atoms with Gasteiger partial charge >= 0.3 is 0 Å². The van der Waals surface area contributed by atoms with E-state index < -0.39 is 15.9 Å². The Morgan fingerprint density at radius 2 is 1.70 bits per heavy atom. The predicted octanol–water partition coefficient (Wildman–Crippen LogP) is 5.17. The lowest BCUT2D eigenvalue weighted by Gasteiger charge is -2.20. The quantitative estimate of drug-likeness (QED) is 0.204. The highest BCUT2D eigenvalue weighted by atomic mass is 35.5. The molecule has 0 spiro atoms. The normalized spacial score (nSPS) is 11.6. The van der Waals surface area contributed by atoms with E-state index in [1.165, 1.54) is 37.4 Å². The van der Waals surface area contributed by atoms with Crippen LogP contribution in [-0.2, 0) is 15.4 Å². The van der Waals surface area contributed by atoms with Crippen molar-refractivity contribution in [2.24, 2.45) is 5.73 Å². The highest BCUT2D eigenvalue weighted by Crippen LogP contribution is 2.42. The second-order valence-electron chi connectivity index (χ2n) is 10.3. The van der Waals surface area contributed by atoms with Gasteiger partial charge in [0.2, 0.25) is 11.7 Å². The molecule has 13 heteroatoms. The molecule has 43 heavy (non-hydrogen) atoms. The minimum atomic E-state index is -4.21. The van der Waals surface area contributed by atoms with Gasteiger partial charge in [-0.25, -0.2) is 13.4 Å². The number of methoxy groups -OCH3 is 1. The smallest absolute Gasteiger partial charge is 0.263 e. The van der Waals surface area contributed by atoms with Gasteiger partial charge in [-0.15, -0.1) is 0 Å². The number of halogens is 1. The fourth-order valence-corrected chi connectivity index (χ4v) is 5.02. The first-order valence-corrected chi connectivity index (χ1v) is 14.9. The summed E-state index contributed by atoms with van der Waals surface area (Å²) in [5.74, 6) is -0.722. The molecule has 0 aliphatic heterocycles. The van der Waals surface area contributed by atoms with Crippen molar-refractivity contribution in [1.82, 2.24) is 9.97 Å². The van der Waals surface area contributed by atoms with E-state index in [0.717, 1.165) is 5.56 Å². The van der Waals surface area contributed by atoms with Crippen LogP contribution in [0.3, 0.4) is 0 Å². The molecule has 0 aliphatic rings. The number of nitrogens with two attached hydrogens (primary N) is 1.